The summed E-state index contributed by atoms with van der Waals surface area (Å²) in [7, 11) is 1.13. The second kappa shape index (κ2) is 8.19. The van der Waals surface area contributed by atoms with Crippen LogP contribution in [-0.2, 0) is 15.7 Å². The monoisotopic (exact) mass is 345 g/mol. The topological polar surface area (TPSA) is 61.5 Å². The van der Waals surface area contributed by atoms with Crippen molar-refractivity contribution in [2.24, 2.45) is 5.73 Å². The van der Waals surface area contributed by atoms with Crippen molar-refractivity contribution in [2.75, 3.05) is 13.7 Å². The first kappa shape index (κ1) is 20.5. The highest BCUT2D eigenvalue weighted by Gasteiger charge is 2.34. The molecule has 0 aliphatic heterocycles. The largest absolute Gasteiger partial charge is 0.496 e. The van der Waals surface area contributed by atoms with E-state index in [0.29, 0.717) is 6.07 Å². The number of halogens is 5. The number of carbonyl (C=O) groups excluding carboxylic acids is 1. The molecule has 1 aromatic carbocycles. The van der Waals surface area contributed by atoms with Crippen molar-refractivity contribution in [3.63, 3.8) is 0 Å². The fraction of sp³-hybridized carbons (Fsp3) is 0.462. The van der Waals surface area contributed by atoms with Crippen LogP contribution < -0.4 is 10.5 Å². The minimum Gasteiger partial charge on any atom is -0.496 e. The summed E-state index contributed by atoms with van der Waals surface area (Å²) < 4.78 is 60.9. The van der Waals surface area contributed by atoms with E-state index in [9.17, 15) is 22.4 Å². The zero-order valence-corrected chi connectivity index (χ0v) is 12.6. The molecular weight excluding hydrogens is 330 g/mol. The standard InChI is InChI=1S/C13H15F4NO3.ClH/c1-3-21-12(19)10(14)11(18)8-5-4-7(13(15,16)17)6-9(8)20-2;/h4-6,10-11H,3,18H2,1-2H3;1H/t10?,11-;/m0./s1. The molecule has 1 unspecified atom stereocenters. The lowest BCUT2D eigenvalue weighted by molar-refractivity contribution is -0.150. The summed E-state index contributed by atoms with van der Waals surface area (Å²) in [5.74, 6) is -1.42. The number of nitrogens with two attached hydrogens (primary N) is 1. The maximum absolute atomic E-state index is 13.8. The fourth-order valence-electron chi connectivity index (χ4n) is 1.69. The Morgan fingerprint density at radius 1 is 1.36 bits per heavy atom. The first-order chi connectivity index (χ1) is 9.72. The second-order valence-electron chi connectivity index (χ2n) is 4.13. The van der Waals surface area contributed by atoms with E-state index in [1.54, 1.807) is 0 Å². The molecule has 2 atom stereocenters. The Kier molecular flexibility index (Phi) is 7.61. The van der Waals surface area contributed by atoms with Crippen LogP contribution >= 0.6 is 12.4 Å². The Bertz CT molecular complexity index is 511. The van der Waals surface area contributed by atoms with Crippen LogP contribution in [-0.4, -0.2) is 25.9 Å². The van der Waals surface area contributed by atoms with Crippen LogP contribution in [0.1, 0.15) is 24.1 Å². The summed E-state index contributed by atoms with van der Waals surface area (Å²) in [6.45, 7) is 1.46. The minimum atomic E-state index is -4.56. The molecule has 126 valence electrons. The maximum atomic E-state index is 13.8. The van der Waals surface area contributed by atoms with E-state index >= 15 is 0 Å². The van der Waals surface area contributed by atoms with Crippen LogP contribution in [0.15, 0.2) is 18.2 Å². The van der Waals surface area contributed by atoms with E-state index in [0.717, 1.165) is 19.2 Å². The minimum absolute atomic E-state index is 0. The molecule has 22 heavy (non-hydrogen) atoms. The summed E-state index contributed by atoms with van der Waals surface area (Å²) in [6.07, 6.45) is -6.76. The highest BCUT2D eigenvalue weighted by molar-refractivity contribution is 5.85. The summed E-state index contributed by atoms with van der Waals surface area (Å²) >= 11 is 0. The van der Waals surface area contributed by atoms with Crippen molar-refractivity contribution in [1.29, 1.82) is 0 Å². The molecule has 0 fully saturated rings. The highest BCUT2D eigenvalue weighted by atomic mass is 35.5. The van der Waals surface area contributed by atoms with Crippen LogP contribution in [0.25, 0.3) is 0 Å². The number of rotatable bonds is 5. The van der Waals surface area contributed by atoms with Crippen molar-refractivity contribution < 1.29 is 31.8 Å². The van der Waals surface area contributed by atoms with Gasteiger partial charge in [0.05, 0.1) is 25.3 Å². The van der Waals surface area contributed by atoms with Gasteiger partial charge in [-0.25, -0.2) is 9.18 Å². The van der Waals surface area contributed by atoms with Crippen LogP contribution in [0.4, 0.5) is 17.6 Å². The van der Waals surface area contributed by atoms with Gasteiger partial charge in [-0.15, -0.1) is 12.4 Å². The molecule has 0 heterocycles. The Labute approximate surface area is 131 Å². The van der Waals surface area contributed by atoms with Crippen molar-refractivity contribution in [2.45, 2.75) is 25.3 Å². The van der Waals surface area contributed by atoms with Crippen molar-refractivity contribution in [3.8, 4) is 5.75 Å². The lowest BCUT2D eigenvalue weighted by Crippen LogP contribution is -2.31. The zero-order valence-electron chi connectivity index (χ0n) is 11.8. The van der Waals surface area contributed by atoms with Gasteiger partial charge in [0.25, 0.3) is 0 Å². The molecule has 1 aromatic rings. The molecular formula is C13H16ClF4NO3. The third-order valence-electron chi connectivity index (χ3n) is 2.75. The lowest BCUT2D eigenvalue weighted by atomic mass is 10.00. The van der Waals surface area contributed by atoms with Gasteiger partial charge in [0.15, 0.2) is 0 Å². The predicted molar refractivity (Wildman–Crippen MR) is 73.7 cm³/mol. The number of alkyl halides is 4. The number of methoxy groups -OCH3 is 1. The maximum Gasteiger partial charge on any atom is 0.416 e. The molecule has 0 saturated carbocycles. The Morgan fingerprint density at radius 2 is 1.95 bits per heavy atom. The first-order valence-corrected chi connectivity index (χ1v) is 6.03. The molecule has 0 aliphatic carbocycles. The van der Waals surface area contributed by atoms with Gasteiger partial charge in [0.1, 0.15) is 5.75 Å². The molecule has 0 spiro atoms. The number of hydrogen-bond donors (Lipinski definition) is 1. The molecule has 0 radical (unpaired) electrons. The Hall–Kier alpha value is -1.54. The average molecular weight is 346 g/mol. The van der Waals surface area contributed by atoms with E-state index in [1.807, 2.05) is 0 Å². The van der Waals surface area contributed by atoms with Gasteiger partial charge in [-0.3, -0.25) is 0 Å². The normalized spacial score (nSPS) is 13.8. The van der Waals surface area contributed by atoms with E-state index in [4.69, 9.17) is 10.5 Å². The van der Waals surface area contributed by atoms with Crippen LogP contribution in [0, 0.1) is 0 Å². The lowest BCUT2D eigenvalue weighted by Gasteiger charge is -2.19. The molecule has 9 heteroatoms. The van der Waals surface area contributed by atoms with Gasteiger partial charge in [0.2, 0.25) is 6.17 Å². The van der Waals surface area contributed by atoms with Gasteiger partial charge >= 0.3 is 12.1 Å². The summed E-state index contributed by atoms with van der Waals surface area (Å²) in [5.41, 5.74) is 4.56. The van der Waals surface area contributed by atoms with Gasteiger partial charge < -0.3 is 15.2 Å². The van der Waals surface area contributed by atoms with E-state index in [1.165, 1.54) is 6.92 Å². The highest BCUT2D eigenvalue weighted by Crippen LogP contribution is 2.35. The van der Waals surface area contributed by atoms with Crippen LogP contribution in [0.2, 0.25) is 0 Å². The first-order valence-electron chi connectivity index (χ1n) is 6.03. The number of ether oxygens (including phenoxy) is 2. The summed E-state index contributed by atoms with van der Waals surface area (Å²) in [4.78, 5) is 11.3. The predicted octanol–water partition coefficient (Wildman–Crippen LogP) is 3.04. The molecule has 0 amide bonds. The molecule has 1 rings (SSSR count). The quantitative estimate of drug-likeness (QED) is 0.658. The zero-order chi connectivity index (χ0) is 16.2. The van der Waals surface area contributed by atoms with E-state index in [-0.39, 0.29) is 30.3 Å². The van der Waals surface area contributed by atoms with Crippen LogP contribution in [0.3, 0.4) is 0 Å². The van der Waals surface area contributed by atoms with Gasteiger partial charge in [-0.2, -0.15) is 13.2 Å². The number of esters is 1. The number of hydrogen-bond acceptors (Lipinski definition) is 4. The second-order valence-corrected chi connectivity index (χ2v) is 4.13. The smallest absolute Gasteiger partial charge is 0.416 e. The van der Waals surface area contributed by atoms with Gasteiger partial charge in [-0.1, -0.05) is 6.07 Å². The van der Waals surface area contributed by atoms with Gasteiger partial charge in [0, 0.05) is 5.56 Å². The van der Waals surface area contributed by atoms with E-state index in [2.05, 4.69) is 4.74 Å². The third-order valence-corrected chi connectivity index (χ3v) is 2.75. The molecule has 4 nitrogen and oxygen atoms in total. The molecule has 0 aromatic heterocycles. The third kappa shape index (κ3) is 4.74. The Balaban J connectivity index is 0.00000441. The van der Waals surface area contributed by atoms with Crippen LogP contribution in [0.5, 0.6) is 5.75 Å². The van der Waals surface area contributed by atoms with Crippen molar-refractivity contribution >= 4 is 18.4 Å². The molecule has 0 bridgehead atoms. The average Bonchev–Trinajstić information content (AvgIpc) is 2.44. The molecule has 0 aliphatic rings. The Morgan fingerprint density at radius 3 is 2.41 bits per heavy atom. The summed E-state index contributed by atoms with van der Waals surface area (Å²) in [5, 5.41) is 0. The molecule has 2 N–H and O–H groups in total. The summed E-state index contributed by atoms with van der Waals surface area (Å²) in [6, 6.07) is 0.946. The fourth-order valence-corrected chi connectivity index (χ4v) is 1.69. The number of benzene rings is 1. The van der Waals surface area contributed by atoms with Crippen molar-refractivity contribution in [1.82, 2.24) is 0 Å². The van der Waals surface area contributed by atoms with Crippen molar-refractivity contribution in [3.05, 3.63) is 29.3 Å². The van der Waals surface area contributed by atoms with E-state index < -0.39 is 29.9 Å². The SMILES string of the molecule is CCOC(=O)C(F)[C@@H](N)c1ccc(C(F)(F)F)cc1OC.Cl. The molecule has 0 saturated heterocycles. The van der Waals surface area contributed by atoms with Gasteiger partial charge in [-0.05, 0) is 19.1 Å². The number of carbonyl (C=O) groups is 1.